The summed E-state index contributed by atoms with van der Waals surface area (Å²) in [5.74, 6) is -0.755. The van der Waals surface area contributed by atoms with Crippen LogP contribution in [0.3, 0.4) is 0 Å². The molecule has 1 aromatic rings. The van der Waals surface area contributed by atoms with Crippen LogP contribution in [0.5, 0.6) is 11.5 Å². The lowest BCUT2D eigenvalue weighted by Crippen LogP contribution is -2.24. The third kappa shape index (κ3) is 4.76. The number of carbonyl (C=O) groups excluding carboxylic acids is 1. The van der Waals surface area contributed by atoms with Gasteiger partial charge in [-0.15, -0.1) is 0 Å². The van der Waals surface area contributed by atoms with Crippen LogP contribution in [0.1, 0.15) is 80.3 Å². The minimum absolute atomic E-state index is 0.0279. The molecule has 28 heavy (non-hydrogen) atoms. The summed E-state index contributed by atoms with van der Waals surface area (Å²) < 4.78 is 0. The molecule has 0 radical (unpaired) electrons. The van der Waals surface area contributed by atoms with E-state index in [1.54, 1.807) is 6.07 Å². The smallest absolute Gasteiger partial charge is 0.278 e. The Balaban J connectivity index is 2.61. The van der Waals surface area contributed by atoms with Crippen molar-refractivity contribution in [3.63, 3.8) is 0 Å². The van der Waals surface area contributed by atoms with Gasteiger partial charge in [0, 0.05) is 11.5 Å². The van der Waals surface area contributed by atoms with Crippen molar-refractivity contribution in [2.24, 2.45) is 5.92 Å². The van der Waals surface area contributed by atoms with Gasteiger partial charge >= 0.3 is 0 Å². The maximum Gasteiger partial charge on any atom is 0.278 e. The van der Waals surface area contributed by atoms with E-state index in [0.29, 0.717) is 17.5 Å². The fraction of sp³-hybridized carbons (Fsp3) is 0.522. The van der Waals surface area contributed by atoms with Gasteiger partial charge in [-0.05, 0) is 57.1 Å². The zero-order valence-corrected chi connectivity index (χ0v) is 17.5. The van der Waals surface area contributed by atoms with E-state index in [1.807, 2.05) is 13.8 Å². The van der Waals surface area contributed by atoms with Crippen molar-refractivity contribution in [1.29, 1.82) is 0 Å². The molecule has 2 rings (SSSR count). The number of nitrogens with one attached hydrogen (secondary N) is 1. The summed E-state index contributed by atoms with van der Waals surface area (Å²) >= 11 is 0. The summed E-state index contributed by atoms with van der Waals surface area (Å²) in [7, 11) is 1.36. The molecule has 3 N–H and O–H groups in total. The Kier molecular flexibility index (Phi) is 7.69. The van der Waals surface area contributed by atoms with Crippen LogP contribution in [0.15, 0.2) is 29.9 Å². The molecule has 1 amide bonds. The molecule has 0 bridgehead atoms. The fourth-order valence-corrected chi connectivity index (χ4v) is 4.12. The average molecular weight is 388 g/mol. The van der Waals surface area contributed by atoms with Crippen molar-refractivity contribution >= 4 is 5.91 Å². The second kappa shape index (κ2) is 9.78. The Hall–Kier alpha value is -2.27. The maximum atomic E-state index is 12.6. The number of amides is 1. The number of aryl methyl sites for hydroxylation is 1. The highest BCUT2D eigenvalue weighted by atomic mass is 16.6. The number of phenolic OH excluding ortho intramolecular Hbond substituents is 2. The summed E-state index contributed by atoms with van der Waals surface area (Å²) in [6.07, 6.45) is 7.47. The molecule has 0 saturated carbocycles. The van der Waals surface area contributed by atoms with Crippen LogP contribution >= 0.6 is 0 Å². The Bertz CT molecular complexity index is 766. The van der Waals surface area contributed by atoms with Crippen LogP contribution in [0, 0.1) is 5.92 Å². The summed E-state index contributed by atoms with van der Waals surface area (Å²) in [4.78, 5) is 17.4. The predicted octanol–water partition coefficient (Wildman–Crippen LogP) is 5.14. The molecule has 0 fully saturated rings. The largest absolute Gasteiger partial charge is 0.507 e. The molecule has 2 atom stereocenters. The van der Waals surface area contributed by atoms with E-state index in [0.717, 1.165) is 37.7 Å². The molecule has 5 nitrogen and oxygen atoms in total. The Labute approximate surface area is 168 Å². The van der Waals surface area contributed by atoms with Gasteiger partial charge in [0.1, 0.15) is 11.5 Å². The van der Waals surface area contributed by atoms with Gasteiger partial charge in [0.2, 0.25) is 0 Å². The van der Waals surface area contributed by atoms with Crippen molar-refractivity contribution < 1.29 is 19.8 Å². The molecule has 1 aliphatic carbocycles. The quantitative estimate of drug-likeness (QED) is 0.328. The van der Waals surface area contributed by atoms with E-state index in [2.05, 4.69) is 25.1 Å². The molecule has 1 aliphatic rings. The first kappa shape index (κ1) is 22.0. The number of allylic oxidation sites excluding steroid dienone is 3. The predicted molar refractivity (Wildman–Crippen MR) is 112 cm³/mol. The minimum Gasteiger partial charge on any atom is -0.507 e. The van der Waals surface area contributed by atoms with Crippen LogP contribution < -0.4 is 5.48 Å². The first-order chi connectivity index (χ1) is 13.3. The molecule has 5 heteroatoms. The summed E-state index contributed by atoms with van der Waals surface area (Å²) in [6, 6.07) is 1.63. The van der Waals surface area contributed by atoms with Gasteiger partial charge in [0.15, 0.2) is 0 Å². The highest BCUT2D eigenvalue weighted by Crippen LogP contribution is 2.48. The lowest BCUT2D eigenvalue weighted by Gasteiger charge is -2.32. The van der Waals surface area contributed by atoms with Gasteiger partial charge < -0.3 is 10.2 Å². The van der Waals surface area contributed by atoms with Gasteiger partial charge in [0.05, 0.1) is 12.7 Å². The minimum atomic E-state index is -0.504. The number of hydrogen-bond donors (Lipinski definition) is 3. The third-order valence-corrected chi connectivity index (χ3v) is 5.58. The van der Waals surface area contributed by atoms with Crippen LogP contribution in [-0.4, -0.2) is 23.2 Å². The van der Waals surface area contributed by atoms with Crippen molar-refractivity contribution in [2.75, 3.05) is 7.11 Å². The summed E-state index contributed by atoms with van der Waals surface area (Å²) in [5, 5.41) is 21.9. The molecule has 154 valence electrons. The SMILES string of the molecule is C=C(C)C1CCC(C)=CC1c1c(O)cc(CCCCC)c(C(=O)NOC)c1O. The molecule has 2 unspecified atom stereocenters. The first-order valence-electron chi connectivity index (χ1n) is 10.0. The van der Waals surface area contributed by atoms with Crippen molar-refractivity contribution in [1.82, 2.24) is 5.48 Å². The van der Waals surface area contributed by atoms with Crippen LogP contribution in [0.25, 0.3) is 0 Å². The van der Waals surface area contributed by atoms with Gasteiger partial charge in [-0.3, -0.25) is 9.63 Å². The number of rotatable bonds is 8. The number of phenols is 2. The van der Waals surface area contributed by atoms with Crippen molar-refractivity contribution in [2.45, 2.75) is 65.2 Å². The van der Waals surface area contributed by atoms with E-state index < -0.39 is 5.91 Å². The van der Waals surface area contributed by atoms with Gasteiger partial charge in [-0.1, -0.05) is 43.6 Å². The highest BCUT2D eigenvalue weighted by molar-refractivity contribution is 5.98. The van der Waals surface area contributed by atoms with Gasteiger partial charge in [0.25, 0.3) is 5.91 Å². The highest BCUT2D eigenvalue weighted by Gasteiger charge is 2.33. The summed E-state index contributed by atoms with van der Waals surface area (Å²) in [5.41, 5.74) is 5.73. The Morgan fingerprint density at radius 3 is 2.68 bits per heavy atom. The topological polar surface area (TPSA) is 78.8 Å². The van der Waals surface area contributed by atoms with E-state index in [9.17, 15) is 15.0 Å². The average Bonchev–Trinajstić information content (AvgIpc) is 2.61. The molecule has 0 aliphatic heterocycles. The normalized spacial score (nSPS) is 19.2. The number of carbonyl (C=O) groups is 1. The number of unbranched alkanes of at least 4 members (excludes halogenated alkanes) is 2. The van der Waals surface area contributed by atoms with E-state index >= 15 is 0 Å². The van der Waals surface area contributed by atoms with Gasteiger partial charge in [-0.25, -0.2) is 5.48 Å². The lowest BCUT2D eigenvalue weighted by atomic mass is 9.73. The lowest BCUT2D eigenvalue weighted by molar-refractivity contribution is 0.0533. The number of benzene rings is 1. The second-order valence-electron chi connectivity index (χ2n) is 7.81. The number of hydroxylamine groups is 1. The molecular formula is C23H33NO4. The third-order valence-electron chi connectivity index (χ3n) is 5.58. The summed E-state index contributed by atoms with van der Waals surface area (Å²) in [6.45, 7) is 10.2. The molecule has 0 saturated heterocycles. The maximum absolute atomic E-state index is 12.6. The fourth-order valence-electron chi connectivity index (χ4n) is 4.12. The monoisotopic (exact) mass is 387 g/mol. The number of aromatic hydroxyl groups is 2. The second-order valence-corrected chi connectivity index (χ2v) is 7.81. The van der Waals surface area contributed by atoms with Crippen LogP contribution in [0.2, 0.25) is 0 Å². The van der Waals surface area contributed by atoms with E-state index in [-0.39, 0.29) is 28.9 Å². The Morgan fingerprint density at radius 1 is 1.36 bits per heavy atom. The molecule has 0 heterocycles. The zero-order chi connectivity index (χ0) is 20.8. The van der Waals surface area contributed by atoms with Gasteiger partial charge in [-0.2, -0.15) is 0 Å². The van der Waals surface area contributed by atoms with Crippen molar-refractivity contribution in [3.05, 3.63) is 46.6 Å². The number of hydrogen-bond acceptors (Lipinski definition) is 4. The molecule has 1 aromatic carbocycles. The van der Waals surface area contributed by atoms with Crippen molar-refractivity contribution in [3.8, 4) is 11.5 Å². The molecule has 0 spiro atoms. The van der Waals surface area contributed by atoms with Crippen LogP contribution in [-0.2, 0) is 11.3 Å². The Morgan fingerprint density at radius 2 is 2.07 bits per heavy atom. The molecular weight excluding hydrogens is 354 g/mol. The van der Waals surface area contributed by atoms with Crippen LogP contribution in [0.4, 0.5) is 0 Å². The zero-order valence-electron chi connectivity index (χ0n) is 17.5. The van der Waals surface area contributed by atoms with E-state index in [1.165, 1.54) is 12.7 Å². The molecule has 0 aromatic heterocycles. The van der Waals surface area contributed by atoms with E-state index in [4.69, 9.17) is 4.84 Å². The first-order valence-corrected chi connectivity index (χ1v) is 10.0. The standard InChI is InChI=1S/C23H33NO4/c1-6-7-8-9-16-13-19(25)21(22(26)20(16)23(27)24-28-5)18-12-15(4)10-11-17(18)14(2)3/h12-13,17-18,25-26H,2,6-11H2,1,3-5H3,(H,24,27).